The number of hydrogen-bond donors (Lipinski definition) is 1. The van der Waals surface area contributed by atoms with Crippen molar-refractivity contribution >= 4 is 5.91 Å². The van der Waals surface area contributed by atoms with Crippen LogP contribution >= 0.6 is 0 Å². The lowest BCUT2D eigenvalue weighted by Gasteiger charge is -2.56. The van der Waals surface area contributed by atoms with E-state index in [4.69, 9.17) is 9.26 Å². The van der Waals surface area contributed by atoms with Crippen molar-refractivity contribution in [1.82, 2.24) is 10.1 Å². The van der Waals surface area contributed by atoms with Crippen LogP contribution in [0.1, 0.15) is 42.4 Å². The van der Waals surface area contributed by atoms with Crippen molar-refractivity contribution < 1.29 is 19.2 Å². The number of carbonyl (C=O) groups is 1. The lowest BCUT2D eigenvalue weighted by Crippen LogP contribution is -2.62. The van der Waals surface area contributed by atoms with Gasteiger partial charge in [-0.1, -0.05) is 5.16 Å². The smallest absolute Gasteiger partial charge is 0.292 e. The molecule has 6 nitrogen and oxygen atoms in total. The Labute approximate surface area is 124 Å². The normalized spacial score (nSPS) is 27.7. The van der Waals surface area contributed by atoms with Crippen molar-refractivity contribution in [2.24, 2.45) is 5.41 Å². The molecule has 3 rings (SSSR count). The predicted octanol–water partition coefficient (Wildman–Crippen LogP) is 1.38. The first-order valence-electron chi connectivity index (χ1n) is 7.59. The Morgan fingerprint density at radius 1 is 1.57 bits per heavy atom. The number of piperidine rings is 1. The summed E-state index contributed by atoms with van der Waals surface area (Å²) in [5.41, 5.74) is 0.544. The number of aliphatic hydroxyl groups excluding tert-OH is 1. The molecule has 0 radical (unpaired) electrons. The van der Waals surface area contributed by atoms with Gasteiger partial charge in [0, 0.05) is 37.6 Å². The number of amides is 1. The molecule has 1 saturated heterocycles. The second-order valence-electron chi connectivity index (χ2n) is 6.05. The predicted molar refractivity (Wildman–Crippen MR) is 74.8 cm³/mol. The number of aromatic nitrogens is 1. The summed E-state index contributed by atoms with van der Waals surface area (Å²) in [6.07, 6.45) is 2.08. The van der Waals surface area contributed by atoms with E-state index in [2.05, 4.69) is 5.16 Å². The molecule has 21 heavy (non-hydrogen) atoms. The number of aliphatic hydroxyl groups is 1. The van der Waals surface area contributed by atoms with E-state index >= 15 is 0 Å². The summed E-state index contributed by atoms with van der Waals surface area (Å²) in [7, 11) is 0. The summed E-state index contributed by atoms with van der Waals surface area (Å²) in [4.78, 5) is 14.1. The summed E-state index contributed by atoms with van der Waals surface area (Å²) >= 11 is 0. The highest BCUT2D eigenvalue weighted by molar-refractivity contribution is 5.91. The van der Waals surface area contributed by atoms with E-state index in [0.29, 0.717) is 37.6 Å². The first-order valence-corrected chi connectivity index (χ1v) is 7.59. The van der Waals surface area contributed by atoms with Gasteiger partial charge in [-0.3, -0.25) is 4.79 Å². The van der Waals surface area contributed by atoms with Crippen molar-refractivity contribution in [2.75, 3.05) is 19.7 Å². The third kappa shape index (κ3) is 2.36. The fourth-order valence-electron chi connectivity index (χ4n) is 3.56. The van der Waals surface area contributed by atoms with E-state index in [1.165, 1.54) is 0 Å². The molecule has 2 heterocycles. The first kappa shape index (κ1) is 14.5. The van der Waals surface area contributed by atoms with Gasteiger partial charge in [0.25, 0.3) is 5.91 Å². The third-order valence-electron chi connectivity index (χ3n) is 4.93. The lowest BCUT2D eigenvalue weighted by molar-refractivity contribution is -0.207. The van der Waals surface area contributed by atoms with Crippen LogP contribution in [0, 0.1) is 12.3 Å². The van der Waals surface area contributed by atoms with E-state index in [-0.39, 0.29) is 23.5 Å². The number of rotatable bonds is 3. The summed E-state index contributed by atoms with van der Waals surface area (Å²) in [6.45, 7) is 5.68. The molecule has 1 aliphatic heterocycles. The van der Waals surface area contributed by atoms with Gasteiger partial charge in [0.05, 0.1) is 17.9 Å². The van der Waals surface area contributed by atoms with Gasteiger partial charge in [-0.05, 0) is 26.7 Å². The van der Waals surface area contributed by atoms with Gasteiger partial charge in [-0.15, -0.1) is 0 Å². The summed E-state index contributed by atoms with van der Waals surface area (Å²) in [6, 6.07) is 1.66. The van der Waals surface area contributed by atoms with Crippen LogP contribution in [0.3, 0.4) is 0 Å². The number of likely N-dealkylation sites (tertiary alicyclic amines) is 1. The van der Waals surface area contributed by atoms with Crippen LogP contribution in [0.25, 0.3) is 0 Å². The minimum absolute atomic E-state index is 0.118. The Morgan fingerprint density at radius 3 is 2.81 bits per heavy atom. The molecule has 1 amide bonds. The van der Waals surface area contributed by atoms with Crippen molar-refractivity contribution in [3.8, 4) is 0 Å². The summed E-state index contributed by atoms with van der Waals surface area (Å²) in [5.74, 6) is 0.172. The monoisotopic (exact) mass is 294 g/mol. The van der Waals surface area contributed by atoms with Crippen LogP contribution in [0.5, 0.6) is 0 Å². The molecule has 0 aromatic carbocycles. The largest absolute Gasteiger partial charge is 0.392 e. The van der Waals surface area contributed by atoms with Gasteiger partial charge in [0.15, 0.2) is 0 Å². The molecule has 1 aromatic heterocycles. The van der Waals surface area contributed by atoms with Crippen molar-refractivity contribution in [3.63, 3.8) is 0 Å². The van der Waals surface area contributed by atoms with E-state index in [0.717, 1.165) is 12.8 Å². The molecule has 116 valence electrons. The molecular formula is C15H22N2O4. The van der Waals surface area contributed by atoms with Gasteiger partial charge >= 0.3 is 0 Å². The maximum absolute atomic E-state index is 12.3. The quantitative estimate of drug-likeness (QED) is 0.911. The Hall–Kier alpha value is -1.40. The zero-order valence-electron chi connectivity index (χ0n) is 12.5. The number of nitrogens with zero attached hydrogens (tertiary/aromatic N) is 2. The molecule has 2 fully saturated rings. The molecule has 1 N–H and O–H groups in total. The van der Waals surface area contributed by atoms with Crippen LogP contribution in [-0.2, 0) is 4.74 Å². The number of carbonyl (C=O) groups excluding carboxylic acids is 1. The van der Waals surface area contributed by atoms with Crippen LogP contribution < -0.4 is 0 Å². The molecule has 2 atom stereocenters. The Balaban J connectivity index is 1.63. The second kappa shape index (κ2) is 5.42. The van der Waals surface area contributed by atoms with Gasteiger partial charge < -0.3 is 19.3 Å². The summed E-state index contributed by atoms with van der Waals surface area (Å²) < 4.78 is 10.8. The minimum atomic E-state index is -0.307. The molecule has 6 heteroatoms. The molecule has 1 aliphatic carbocycles. The zero-order chi connectivity index (χ0) is 15.0. The van der Waals surface area contributed by atoms with E-state index < -0.39 is 0 Å². The average Bonchev–Trinajstić information content (AvgIpc) is 2.93. The van der Waals surface area contributed by atoms with Crippen LogP contribution in [0.15, 0.2) is 10.6 Å². The number of hydrogen-bond acceptors (Lipinski definition) is 5. The van der Waals surface area contributed by atoms with Crippen molar-refractivity contribution in [2.45, 2.75) is 45.3 Å². The highest BCUT2D eigenvalue weighted by atomic mass is 16.5. The summed E-state index contributed by atoms with van der Waals surface area (Å²) in [5, 5.41) is 13.9. The number of ether oxygens (including phenoxy) is 1. The molecule has 2 aliphatic rings. The molecule has 0 bridgehead atoms. The van der Waals surface area contributed by atoms with Crippen LogP contribution in [0.2, 0.25) is 0 Å². The Kier molecular flexibility index (Phi) is 3.75. The fraction of sp³-hybridized carbons (Fsp3) is 0.733. The van der Waals surface area contributed by atoms with Crippen LogP contribution in [0.4, 0.5) is 0 Å². The molecular weight excluding hydrogens is 272 g/mol. The molecule has 1 saturated carbocycles. The maximum Gasteiger partial charge on any atom is 0.292 e. The van der Waals surface area contributed by atoms with E-state index in [9.17, 15) is 9.90 Å². The van der Waals surface area contributed by atoms with E-state index in [1.807, 2.05) is 6.92 Å². The first-order chi connectivity index (χ1) is 10.1. The highest BCUT2D eigenvalue weighted by Gasteiger charge is 2.56. The lowest BCUT2D eigenvalue weighted by atomic mass is 9.58. The highest BCUT2D eigenvalue weighted by Crippen LogP contribution is 2.51. The van der Waals surface area contributed by atoms with Gasteiger partial charge in [0.2, 0.25) is 5.76 Å². The van der Waals surface area contributed by atoms with Crippen LogP contribution in [-0.4, -0.2) is 53.0 Å². The van der Waals surface area contributed by atoms with Gasteiger partial charge in [0.1, 0.15) is 0 Å². The van der Waals surface area contributed by atoms with Crippen molar-refractivity contribution in [3.05, 3.63) is 17.5 Å². The number of aryl methyl sites for hydroxylation is 1. The van der Waals surface area contributed by atoms with E-state index in [1.54, 1.807) is 17.9 Å². The SMILES string of the molecule is CCO[C@H]1C[C@@H](O)C12CCN(C(=O)c1cc(C)no1)CC2. The molecule has 1 spiro atoms. The van der Waals surface area contributed by atoms with Gasteiger partial charge in [-0.2, -0.15) is 0 Å². The molecule has 1 aromatic rings. The Bertz CT molecular complexity index is 517. The third-order valence-corrected chi connectivity index (χ3v) is 4.93. The zero-order valence-corrected chi connectivity index (χ0v) is 12.5. The Morgan fingerprint density at radius 2 is 2.29 bits per heavy atom. The molecule has 0 unspecified atom stereocenters. The average molecular weight is 294 g/mol. The van der Waals surface area contributed by atoms with Crippen molar-refractivity contribution in [1.29, 1.82) is 0 Å². The van der Waals surface area contributed by atoms with Gasteiger partial charge in [-0.25, -0.2) is 0 Å². The second-order valence-corrected chi connectivity index (χ2v) is 6.05. The maximum atomic E-state index is 12.3. The minimum Gasteiger partial charge on any atom is -0.392 e. The topological polar surface area (TPSA) is 75.8 Å². The fourth-order valence-corrected chi connectivity index (χ4v) is 3.56. The standard InChI is InChI=1S/C15H22N2O4/c1-3-20-13-9-12(18)15(13)4-6-17(7-5-15)14(19)11-8-10(2)16-21-11/h8,12-13,18H,3-7,9H2,1-2H3/t12-,13+/m1/s1.